The number of benzene rings is 2. The van der Waals surface area contributed by atoms with Crippen LogP contribution in [0, 0.1) is 0 Å². The second-order valence-electron chi connectivity index (χ2n) is 7.98. The normalized spacial score (nSPS) is 18.0. The fraction of sp³-hybridized carbons (Fsp3) is 0.435. The Labute approximate surface area is 179 Å². The van der Waals surface area contributed by atoms with E-state index in [9.17, 15) is 13.2 Å². The minimum absolute atomic E-state index is 0.0277. The maximum atomic E-state index is 12.9. The van der Waals surface area contributed by atoms with Gasteiger partial charge in [-0.3, -0.25) is 4.79 Å². The van der Waals surface area contributed by atoms with Gasteiger partial charge < -0.3 is 10.2 Å². The van der Waals surface area contributed by atoms with Crippen molar-refractivity contribution in [2.24, 2.45) is 0 Å². The van der Waals surface area contributed by atoms with Crippen LogP contribution in [0.4, 0.5) is 5.69 Å². The number of quaternary nitrogens is 1. The van der Waals surface area contributed by atoms with E-state index in [1.54, 1.807) is 30.3 Å². The van der Waals surface area contributed by atoms with Gasteiger partial charge in [-0.2, -0.15) is 4.31 Å². The summed E-state index contributed by atoms with van der Waals surface area (Å²) in [5.41, 5.74) is 2.02. The third-order valence-electron chi connectivity index (χ3n) is 6.11. The van der Waals surface area contributed by atoms with Gasteiger partial charge in [0.25, 0.3) is 5.91 Å². The van der Waals surface area contributed by atoms with E-state index >= 15 is 0 Å². The van der Waals surface area contributed by atoms with Gasteiger partial charge in [0.05, 0.1) is 31.1 Å². The molecule has 0 bridgehead atoms. The smallest absolute Gasteiger partial charge is 0.282 e. The molecule has 30 heavy (non-hydrogen) atoms. The molecule has 0 unspecified atom stereocenters. The summed E-state index contributed by atoms with van der Waals surface area (Å²) in [5.74, 6) is 0.344. The lowest BCUT2D eigenvalue weighted by Gasteiger charge is -2.34. The highest BCUT2D eigenvalue weighted by Crippen LogP contribution is 2.26. The molecule has 0 aromatic heterocycles. The molecule has 3 rings (SSSR count). The van der Waals surface area contributed by atoms with Crippen LogP contribution in [0.2, 0.25) is 0 Å². The molecule has 0 radical (unpaired) electrons. The van der Waals surface area contributed by atoms with E-state index in [-0.39, 0.29) is 11.9 Å². The van der Waals surface area contributed by atoms with Crippen LogP contribution in [0.3, 0.4) is 0 Å². The summed E-state index contributed by atoms with van der Waals surface area (Å²) >= 11 is 0. The standard InChI is InChI=1S/C23H31N3O3S/c1-4-18(2)21-12-8-9-13-22(21)24-23(27)19(3)25-14-16-26(17-15-25)30(28,29)20-10-6-5-7-11-20/h5-13,18-19H,4,14-17H2,1-3H3,(H,24,27)/p+1/t18-,19+/m1/s1. The van der Waals surface area contributed by atoms with Crippen molar-refractivity contribution in [3.05, 3.63) is 60.2 Å². The van der Waals surface area contributed by atoms with E-state index in [1.807, 2.05) is 25.1 Å². The molecule has 2 N–H and O–H groups in total. The van der Waals surface area contributed by atoms with Gasteiger partial charge in [0.1, 0.15) is 0 Å². The Bertz CT molecular complexity index is 955. The zero-order valence-corrected chi connectivity index (χ0v) is 18.8. The molecule has 2 atom stereocenters. The van der Waals surface area contributed by atoms with Crippen LogP contribution in [0.15, 0.2) is 59.5 Å². The van der Waals surface area contributed by atoms with Gasteiger partial charge >= 0.3 is 0 Å². The van der Waals surface area contributed by atoms with Crippen molar-refractivity contribution in [2.75, 3.05) is 31.5 Å². The number of sulfonamides is 1. The molecule has 7 heteroatoms. The van der Waals surface area contributed by atoms with Gasteiger partial charge in [0.15, 0.2) is 6.04 Å². The van der Waals surface area contributed by atoms with Crippen LogP contribution in [0.5, 0.6) is 0 Å². The summed E-state index contributed by atoms with van der Waals surface area (Å²) in [5, 5.41) is 3.10. The molecule has 1 aliphatic heterocycles. The number of hydrogen-bond donors (Lipinski definition) is 2. The van der Waals surface area contributed by atoms with Gasteiger partial charge in [0.2, 0.25) is 10.0 Å². The van der Waals surface area contributed by atoms with Crippen LogP contribution in [0.1, 0.15) is 38.7 Å². The molecule has 1 fully saturated rings. The Morgan fingerprint density at radius 3 is 2.27 bits per heavy atom. The predicted molar refractivity (Wildman–Crippen MR) is 119 cm³/mol. The quantitative estimate of drug-likeness (QED) is 0.707. The minimum atomic E-state index is -3.48. The van der Waals surface area contributed by atoms with Crippen molar-refractivity contribution in [3.63, 3.8) is 0 Å². The third-order valence-corrected chi connectivity index (χ3v) is 8.03. The summed E-state index contributed by atoms with van der Waals surface area (Å²) in [7, 11) is -3.48. The highest BCUT2D eigenvalue weighted by Gasteiger charge is 2.34. The summed E-state index contributed by atoms with van der Waals surface area (Å²) in [6.45, 7) is 8.24. The first-order valence-electron chi connectivity index (χ1n) is 10.6. The highest BCUT2D eigenvalue weighted by atomic mass is 32.2. The van der Waals surface area contributed by atoms with Gasteiger partial charge in [-0.25, -0.2) is 8.42 Å². The maximum Gasteiger partial charge on any atom is 0.282 e. The molecule has 1 heterocycles. The molecular weight excluding hydrogens is 398 g/mol. The fourth-order valence-electron chi connectivity index (χ4n) is 3.88. The molecule has 1 saturated heterocycles. The SMILES string of the molecule is CC[C@@H](C)c1ccccc1NC(=O)[C@H](C)[NH+]1CCN(S(=O)(=O)c2ccccc2)CC1. The van der Waals surface area contributed by atoms with Crippen LogP contribution >= 0.6 is 0 Å². The maximum absolute atomic E-state index is 12.9. The van der Waals surface area contributed by atoms with Crippen LogP contribution in [0.25, 0.3) is 0 Å². The summed E-state index contributed by atoms with van der Waals surface area (Å²) in [4.78, 5) is 14.3. The average Bonchev–Trinajstić information content (AvgIpc) is 2.79. The Morgan fingerprint density at radius 1 is 1.03 bits per heavy atom. The van der Waals surface area contributed by atoms with E-state index in [0.29, 0.717) is 37.0 Å². The van der Waals surface area contributed by atoms with E-state index in [2.05, 4.69) is 25.2 Å². The molecule has 0 spiro atoms. The fourth-order valence-corrected chi connectivity index (χ4v) is 5.34. The number of amides is 1. The van der Waals surface area contributed by atoms with Crippen molar-refractivity contribution in [2.45, 2.75) is 44.0 Å². The van der Waals surface area contributed by atoms with Crippen molar-refractivity contribution >= 4 is 21.6 Å². The number of nitrogens with zero attached hydrogens (tertiary/aromatic N) is 1. The monoisotopic (exact) mass is 430 g/mol. The van der Waals surface area contributed by atoms with Crippen molar-refractivity contribution in [1.29, 1.82) is 0 Å². The summed E-state index contributed by atoms with van der Waals surface area (Å²) in [6.07, 6.45) is 1.01. The Morgan fingerprint density at radius 2 is 1.63 bits per heavy atom. The molecular formula is C23H32N3O3S+. The molecule has 6 nitrogen and oxygen atoms in total. The van der Waals surface area contributed by atoms with Gasteiger partial charge in [-0.05, 0) is 43.0 Å². The summed E-state index contributed by atoms with van der Waals surface area (Å²) < 4.78 is 27.1. The average molecular weight is 431 g/mol. The lowest BCUT2D eigenvalue weighted by molar-refractivity contribution is -0.917. The van der Waals surface area contributed by atoms with Crippen molar-refractivity contribution in [3.8, 4) is 0 Å². The second kappa shape index (κ2) is 9.73. The molecule has 2 aromatic rings. The lowest BCUT2D eigenvalue weighted by atomic mass is 9.97. The van der Waals surface area contributed by atoms with E-state index in [0.717, 1.165) is 22.6 Å². The third kappa shape index (κ3) is 4.91. The van der Waals surface area contributed by atoms with E-state index < -0.39 is 10.0 Å². The summed E-state index contributed by atoms with van der Waals surface area (Å²) in [6, 6.07) is 16.2. The Balaban J connectivity index is 1.62. The van der Waals surface area contributed by atoms with Gasteiger partial charge in [-0.15, -0.1) is 0 Å². The first-order valence-corrected chi connectivity index (χ1v) is 12.1. The molecule has 2 aromatic carbocycles. The highest BCUT2D eigenvalue weighted by molar-refractivity contribution is 7.89. The Kier molecular flexibility index (Phi) is 7.28. The topological polar surface area (TPSA) is 70.9 Å². The number of para-hydroxylation sites is 1. The molecule has 0 aliphatic carbocycles. The molecule has 1 amide bonds. The number of piperazine rings is 1. The molecule has 1 aliphatic rings. The second-order valence-corrected chi connectivity index (χ2v) is 9.92. The number of rotatable bonds is 7. The lowest BCUT2D eigenvalue weighted by Crippen LogP contribution is -3.19. The van der Waals surface area contributed by atoms with E-state index in [1.165, 1.54) is 4.31 Å². The van der Waals surface area contributed by atoms with E-state index in [4.69, 9.17) is 0 Å². The first kappa shape index (κ1) is 22.5. The number of hydrogen-bond acceptors (Lipinski definition) is 3. The van der Waals surface area contributed by atoms with Crippen LogP contribution < -0.4 is 10.2 Å². The number of anilines is 1. The number of carbonyl (C=O) groups excluding carboxylic acids is 1. The van der Waals surface area contributed by atoms with Gasteiger partial charge in [0, 0.05) is 5.69 Å². The van der Waals surface area contributed by atoms with Crippen LogP contribution in [-0.4, -0.2) is 50.9 Å². The zero-order chi connectivity index (χ0) is 21.7. The number of nitrogens with one attached hydrogen (secondary N) is 2. The Hall–Kier alpha value is -2.22. The van der Waals surface area contributed by atoms with Crippen molar-refractivity contribution in [1.82, 2.24) is 4.31 Å². The van der Waals surface area contributed by atoms with Gasteiger partial charge in [-0.1, -0.05) is 50.2 Å². The minimum Gasteiger partial charge on any atom is -0.323 e. The first-order chi connectivity index (χ1) is 14.3. The number of carbonyl (C=O) groups is 1. The van der Waals surface area contributed by atoms with Crippen molar-refractivity contribution < 1.29 is 18.1 Å². The van der Waals surface area contributed by atoms with Crippen LogP contribution in [-0.2, 0) is 14.8 Å². The predicted octanol–water partition coefficient (Wildman–Crippen LogP) is 2.12. The molecule has 162 valence electrons. The zero-order valence-electron chi connectivity index (χ0n) is 18.0. The largest absolute Gasteiger partial charge is 0.323 e. The molecule has 0 saturated carbocycles.